The lowest BCUT2D eigenvalue weighted by atomic mass is 10.00. The van der Waals surface area contributed by atoms with Gasteiger partial charge in [0.1, 0.15) is 0 Å². The molecular formula is C19H23NO. The highest BCUT2D eigenvalue weighted by Gasteiger charge is 2.13. The Morgan fingerprint density at radius 3 is 2.71 bits per heavy atom. The Morgan fingerprint density at radius 1 is 1.10 bits per heavy atom. The smallest absolute Gasteiger partial charge is 0.164 e. The first-order valence-electron chi connectivity index (χ1n) is 7.99. The van der Waals surface area contributed by atoms with Crippen LogP contribution in [-0.4, -0.2) is 30.3 Å². The number of likely N-dealkylation sites (tertiary alicyclic amines) is 1. The predicted molar refractivity (Wildman–Crippen MR) is 87.9 cm³/mol. The van der Waals surface area contributed by atoms with E-state index in [0.717, 1.165) is 25.2 Å². The number of ketones is 1. The van der Waals surface area contributed by atoms with E-state index in [1.54, 1.807) is 0 Å². The van der Waals surface area contributed by atoms with Gasteiger partial charge in [0.15, 0.2) is 5.78 Å². The van der Waals surface area contributed by atoms with Crippen molar-refractivity contribution >= 4 is 16.6 Å². The highest BCUT2D eigenvalue weighted by Crippen LogP contribution is 2.20. The number of aryl methyl sites for hydroxylation is 1. The van der Waals surface area contributed by atoms with E-state index in [-0.39, 0.29) is 5.78 Å². The lowest BCUT2D eigenvalue weighted by Crippen LogP contribution is -2.31. The minimum absolute atomic E-state index is 0.268. The zero-order valence-electron chi connectivity index (χ0n) is 12.8. The van der Waals surface area contributed by atoms with E-state index in [9.17, 15) is 4.79 Å². The number of carbonyl (C=O) groups is 1. The van der Waals surface area contributed by atoms with Gasteiger partial charge in [-0.05, 0) is 55.3 Å². The zero-order valence-corrected chi connectivity index (χ0v) is 12.8. The molecule has 0 radical (unpaired) electrons. The largest absolute Gasteiger partial charge is 0.303 e. The Balaban J connectivity index is 1.69. The van der Waals surface area contributed by atoms with Crippen LogP contribution in [0.5, 0.6) is 0 Å². The summed E-state index contributed by atoms with van der Waals surface area (Å²) in [4.78, 5) is 14.8. The molecule has 1 heterocycles. The van der Waals surface area contributed by atoms with Crippen molar-refractivity contribution in [2.24, 2.45) is 0 Å². The molecule has 1 fully saturated rings. The van der Waals surface area contributed by atoms with Gasteiger partial charge in [0.25, 0.3) is 0 Å². The molecule has 1 saturated heterocycles. The Hall–Kier alpha value is -1.67. The van der Waals surface area contributed by atoms with Crippen molar-refractivity contribution in [1.82, 2.24) is 4.90 Å². The van der Waals surface area contributed by atoms with Crippen LogP contribution in [0.1, 0.15) is 41.6 Å². The molecule has 2 nitrogen and oxygen atoms in total. The summed E-state index contributed by atoms with van der Waals surface area (Å²) in [7, 11) is 0. The second-order valence-electron chi connectivity index (χ2n) is 6.09. The van der Waals surface area contributed by atoms with Crippen molar-refractivity contribution in [2.75, 3.05) is 19.6 Å². The van der Waals surface area contributed by atoms with E-state index >= 15 is 0 Å². The summed E-state index contributed by atoms with van der Waals surface area (Å²) in [5, 5.41) is 2.41. The van der Waals surface area contributed by atoms with Gasteiger partial charge in [0.2, 0.25) is 0 Å². The molecule has 0 aliphatic carbocycles. The van der Waals surface area contributed by atoms with E-state index in [1.807, 2.05) is 12.1 Å². The fourth-order valence-electron chi connectivity index (χ4n) is 3.21. The summed E-state index contributed by atoms with van der Waals surface area (Å²) >= 11 is 0. The second kappa shape index (κ2) is 6.40. The molecule has 0 aromatic heterocycles. The van der Waals surface area contributed by atoms with Crippen molar-refractivity contribution in [3.63, 3.8) is 0 Å². The highest BCUT2D eigenvalue weighted by molar-refractivity contribution is 6.00. The van der Waals surface area contributed by atoms with Crippen molar-refractivity contribution in [2.45, 2.75) is 32.6 Å². The third-order valence-corrected chi connectivity index (χ3v) is 4.52. The maximum atomic E-state index is 12.4. The fraction of sp³-hybridized carbons (Fsp3) is 0.421. The van der Waals surface area contributed by atoms with Gasteiger partial charge < -0.3 is 4.90 Å². The van der Waals surface area contributed by atoms with E-state index in [0.29, 0.717) is 6.42 Å². The van der Waals surface area contributed by atoms with Gasteiger partial charge in [-0.2, -0.15) is 0 Å². The predicted octanol–water partition coefficient (Wildman–Crippen LogP) is 4.21. The maximum absolute atomic E-state index is 12.4. The Kier molecular flexibility index (Phi) is 4.35. The van der Waals surface area contributed by atoms with Crippen LogP contribution < -0.4 is 0 Å². The van der Waals surface area contributed by atoms with Crippen molar-refractivity contribution < 1.29 is 4.79 Å². The molecule has 1 aliphatic rings. The van der Waals surface area contributed by atoms with Gasteiger partial charge in [-0.25, -0.2) is 0 Å². The van der Waals surface area contributed by atoms with Gasteiger partial charge in [-0.1, -0.05) is 36.8 Å². The van der Waals surface area contributed by atoms with Crippen LogP contribution in [-0.2, 0) is 0 Å². The minimum Gasteiger partial charge on any atom is -0.303 e. The number of hydrogen-bond acceptors (Lipinski definition) is 2. The van der Waals surface area contributed by atoms with Crippen LogP contribution in [0.2, 0.25) is 0 Å². The van der Waals surface area contributed by atoms with E-state index in [1.165, 1.54) is 35.6 Å². The second-order valence-corrected chi connectivity index (χ2v) is 6.09. The van der Waals surface area contributed by atoms with E-state index in [2.05, 4.69) is 36.1 Å². The Bertz CT molecular complexity index is 641. The zero-order chi connectivity index (χ0) is 14.7. The monoisotopic (exact) mass is 281 g/mol. The summed E-state index contributed by atoms with van der Waals surface area (Å²) in [6.07, 6.45) is 4.54. The van der Waals surface area contributed by atoms with Gasteiger partial charge in [-0.15, -0.1) is 0 Å². The molecule has 2 aromatic rings. The highest BCUT2D eigenvalue weighted by atomic mass is 16.1. The lowest BCUT2D eigenvalue weighted by Gasteiger charge is -2.25. The molecular weight excluding hydrogens is 258 g/mol. The van der Waals surface area contributed by atoms with Gasteiger partial charge in [-0.3, -0.25) is 4.79 Å². The average molecular weight is 281 g/mol. The normalized spacial score (nSPS) is 16.2. The first kappa shape index (κ1) is 14.3. The van der Waals surface area contributed by atoms with Gasteiger partial charge >= 0.3 is 0 Å². The SMILES string of the molecule is Cc1cccc2cc(C(=O)CCN3CCCCC3)ccc12. The number of hydrogen-bond donors (Lipinski definition) is 0. The summed E-state index contributed by atoms with van der Waals surface area (Å²) in [6, 6.07) is 12.4. The fourth-order valence-corrected chi connectivity index (χ4v) is 3.21. The summed E-state index contributed by atoms with van der Waals surface area (Å²) in [5.41, 5.74) is 2.12. The van der Waals surface area contributed by atoms with E-state index in [4.69, 9.17) is 0 Å². The van der Waals surface area contributed by atoms with Crippen LogP contribution >= 0.6 is 0 Å². The molecule has 0 saturated carbocycles. The third kappa shape index (κ3) is 3.33. The summed E-state index contributed by atoms with van der Waals surface area (Å²) < 4.78 is 0. The van der Waals surface area contributed by atoms with Crippen LogP contribution in [0.4, 0.5) is 0 Å². The molecule has 0 bridgehead atoms. The van der Waals surface area contributed by atoms with Crippen LogP contribution in [0, 0.1) is 6.92 Å². The molecule has 2 aromatic carbocycles. The molecule has 0 unspecified atom stereocenters. The molecule has 0 spiro atoms. The van der Waals surface area contributed by atoms with Crippen molar-refractivity contribution in [3.8, 4) is 0 Å². The van der Waals surface area contributed by atoms with Crippen LogP contribution in [0.25, 0.3) is 10.8 Å². The number of carbonyl (C=O) groups excluding carboxylic acids is 1. The number of rotatable bonds is 4. The Labute approximate surface area is 126 Å². The van der Waals surface area contributed by atoms with Crippen LogP contribution in [0.15, 0.2) is 36.4 Å². The van der Waals surface area contributed by atoms with Crippen molar-refractivity contribution in [3.05, 3.63) is 47.5 Å². The standard InChI is InChI=1S/C19H23NO/c1-15-6-5-7-16-14-17(8-9-18(15)16)19(21)10-13-20-11-3-2-4-12-20/h5-9,14H,2-4,10-13H2,1H3. The Morgan fingerprint density at radius 2 is 1.90 bits per heavy atom. The first-order valence-corrected chi connectivity index (χ1v) is 7.99. The molecule has 0 atom stereocenters. The first-order chi connectivity index (χ1) is 10.2. The molecule has 21 heavy (non-hydrogen) atoms. The molecule has 0 N–H and O–H groups in total. The number of Topliss-reactive ketones (excluding diaryl/α,β-unsaturated/α-hetero) is 1. The maximum Gasteiger partial charge on any atom is 0.164 e. The molecule has 1 aliphatic heterocycles. The lowest BCUT2D eigenvalue weighted by molar-refractivity contribution is 0.0959. The van der Waals surface area contributed by atoms with E-state index < -0.39 is 0 Å². The topological polar surface area (TPSA) is 20.3 Å². The van der Waals surface area contributed by atoms with Gasteiger partial charge in [0, 0.05) is 18.5 Å². The summed E-state index contributed by atoms with van der Waals surface area (Å²) in [5.74, 6) is 0.268. The average Bonchev–Trinajstić information content (AvgIpc) is 2.53. The molecule has 3 rings (SSSR count). The number of benzene rings is 2. The van der Waals surface area contributed by atoms with Crippen molar-refractivity contribution in [1.29, 1.82) is 0 Å². The molecule has 0 amide bonds. The quantitative estimate of drug-likeness (QED) is 0.783. The van der Waals surface area contributed by atoms with Gasteiger partial charge in [0.05, 0.1) is 0 Å². The minimum atomic E-state index is 0.268. The summed E-state index contributed by atoms with van der Waals surface area (Å²) in [6.45, 7) is 5.33. The third-order valence-electron chi connectivity index (χ3n) is 4.52. The van der Waals surface area contributed by atoms with Crippen LogP contribution in [0.3, 0.4) is 0 Å². The molecule has 2 heteroatoms. The number of piperidine rings is 1. The number of fused-ring (bicyclic) bond motifs is 1. The molecule has 110 valence electrons. The number of nitrogens with zero attached hydrogens (tertiary/aromatic N) is 1.